The van der Waals surface area contributed by atoms with Crippen molar-refractivity contribution in [3.8, 4) is 28.4 Å². The predicted octanol–water partition coefficient (Wildman–Crippen LogP) is 6.51. The Hall–Kier alpha value is -4.10. The van der Waals surface area contributed by atoms with Crippen LogP contribution < -0.4 is 10.5 Å². The van der Waals surface area contributed by atoms with Gasteiger partial charge in [-0.3, -0.25) is 9.59 Å². The van der Waals surface area contributed by atoms with Crippen LogP contribution in [0.25, 0.3) is 11.1 Å². The van der Waals surface area contributed by atoms with Crippen molar-refractivity contribution >= 4 is 27.8 Å². The molecule has 7 heteroatoms. The number of carbonyl (C=O) groups is 2. The number of primary amides is 1. The molecule has 36 heavy (non-hydrogen) atoms. The Morgan fingerprint density at radius 1 is 0.889 bits per heavy atom. The number of hydrogen-bond donors (Lipinski definition) is 2. The molecule has 0 bridgehead atoms. The van der Waals surface area contributed by atoms with Crippen molar-refractivity contribution in [1.82, 2.24) is 0 Å². The standard InChI is InChI=1S/C22H20O3.C7H6BrNO2/c1-24-22(23)16-13-17-11-14-18(15-12-17)20-9-5-6-10-21(20)25-19-7-3-2-4-8-19;8-4-1-2-6(10)5(3-4)7(9)11/h2-12,14-15H,13,16H2,1H3;1-3,10H,(H2,9,11). The summed E-state index contributed by atoms with van der Waals surface area (Å²) in [5.74, 6) is 0.704. The molecule has 4 aromatic rings. The summed E-state index contributed by atoms with van der Waals surface area (Å²) >= 11 is 3.15. The molecule has 0 saturated carbocycles. The van der Waals surface area contributed by atoms with Crippen LogP contribution in [0.2, 0.25) is 0 Å². The van der Waals surface area contributed by atoms with Gasteiger partial charge in [-0.25, -0.2) is 0 Å². The molecular weight excluding hydrogens is 522 g/mol. The zero-order chi connectivity index (χ0) is 25.9. The van der Waals surface area contributed by atoms with E-state index in [2.05, 4.69) is 32.8 Å². The van der Waals surface area contributed by atoms with Crippen molar-refractivity contribution in [3.63, 3.8) is 0 Å². The first-order chi connectivity index (χ1) is 17.4. The topological polar surface area (TPSA) is 98.9 Å². The molecule has 6 nitrogen and oxygen atoms in total. The van der Waals surface area contributed by atoms with Crippen LogP contribution in [-0.4, -0.2) is 24.1 Å². The summed E-state index contributed by atoms with van der Waals surface area (Å²) in [5.41, 5.74) is 8.31. The van der Waals surface area contributed by atoms with Gasteiger partial charge in [-0.2, -0.15) is 0 Å². The van der Waals surface area contributed by atoms with Gasteiger partial charge < -0.3 is 20.3 Å². The Morgan fingerprint density at radius 3 is 2.19 bits per heavy atom. The molecule has 4 aromatic carbocycles. The molecule has 0 aromatic heterocycles. The zero-order valence-corrected chi connectivity index (χ0v) is 21.3. The minimum Gasteiger partial charge on any atom is -0.507 e. The maximum Gasteiger partial charge on any atom is 0.305 e. The van der Waals surface area contributed by atoms with Crippen LogP contribution in [0.5, 0.6) is 17.2 Å². The number of methoxy groups -OCH3 is 1. The number of aromatic hydroxyl groups is 1. The summed E-state index contributed by atoms with van der Waals surface area (Å²) < 4.78 is 11.4. The summed E-state index contributed by atoms with van der Waals surface area (Å²) in [4.78, 5) is 21.9. The van der Waals surface area contributed by atoms with E-state index in [1.54, 1.807) is 6.07 Å². The number of carbonyl (C=O) groups excluding carboxylic acids is 2. The highest BCUT2D eigenvalue weighted by atomic mass is 79.9. The lowest BCUT2D eigenvalue weighted by Gasteiger charge is -2.12. The third-order valence-corrected chi connectivity index (χ3v) is 5.69. The average Bonchev–Trinajstić information content (AvgIpc) is 2.90. The van der Waals surface area contributed by atoms with Crippen molar-refractivity contribution < 1.29 is 24.2 Å². The number of amides is 1. The second-order valence-electron chi connectivity index (χ2n) is 7.71. The largest absolute Gasteiger partial charge is 0.507 e. The predicted molar refractivity (Wildman–Crippen MR) is 143 cm³/mol. The molecule has 0 atom stereocenters. The molecule has 0 saturated heterocycles. The van der Waals surface area contributed by atoms with Gasteiger partial charge in [-0.1, -0.05) is 76.6 Å². The maximum absolute atomic E-state index is 11.3. The Morgan fingerprint density at radius 2 is 1.56 bits per heavy atom. The van der Waals surface area contributed by atoms with E-state index in [0.717, 1.165) is 28.2 Å². The number of ether oxygens (including phenoxy) is 2. The summed E-state index contributed by atoms with van der Waals surface area (Å²) in [6.07, 6.45) is 1.07. The van der Waals surface area contributed by atoms with Crippen molar-refractivity contribution in [1.29, 1.82) is 0 Å². The van der Waals surface area contributed by atoms with E-state index in [9.17, 15) is 9.59 Å². The quantitative estimate of drug-likeness (QED) is 0.257. The first kappa shape index (κ1) is 26.5. The van der Waals surface area contributed by atoms with Gasteiger partial charge in [0.05, 0.1) is 12.7 Å². The van der Waals surface area contributed by atoms with E-state index < -0.39 is 5.91 Å². The second kappa shape index (κ2) is 13.1. The van der Waals surface area contributed by atoms with Crippen molar-refractivity contribution in [2.75, 3.05) is 7.11 Å². The van der Waals surface area contributed by atoms with Gasteiger partial charge in [0.1, 0.15) is 17.2 Å². The highest BCUT2D eigenvalue weighted by Crippen LogP contribution is 2.33. The summed E-state index contributed by atoms with van der Waals surface area (Å²) in [5, 5.41) is 9.08. The molecule has 0 heterocycles. The van der Waals surface area contributed by atoms with E-state index >= 15 is 0 Å². The number of esters is 1. The molecule has 0 aliphatic carbocycles. The fourth-order valence-corrected chi connectivity index (χ4v) is 3.68. The van der Waals surface area contributed by atoms with Crippen LogP contribution in [0.4, 0.5) is 0 Å². The number of aryl methyl sites for hydroxylation is 1. The van der Waals surface area contributed by atoms with E-state index in [-0.39, 0.29) is 17.3 Å². The third-order valence-electron chi connectivity index (χ3n) is 5.19. The van der Waals surface area contributed by atoms with E-state index in [0.29, 0.717) is 17.3 Å². The van der Waals surface area contributed by atoms with Gasteiger partial charge in [0.25, 0.3) is 5.91 Å². The molecular formula is C29H26BrNO5. The van der Waals surface area contributed by atoms with Crippen LogP contribution in [-0.2, 0) is 16.0 Å². The zero-order valence-electron chi connectivity index (χ0n) is 19.7. The number of nitrogens with two attached hydrogens (primary N) is 1. The Bertz CT molecular complexity index is 1310. The molecule has 4 rings (SSSR count). The van der Waals surface area contributed by atoms with Crippen LogP contribution in [0.15, 0.2) is 102 Å². The molecule has 0 fully saturated rings. The van der Waals surface area contributed by atoms with Crippen molar-refractivity contribution in [2.45, 2.75) is 12.8 Å². The van der Waals surface area contributed by atoms with Gasteiger partial charge >= 0.3 is 5.97 Å². The van der Waals surface area contributed by atoms with Gasteiger partial charge in [-0.05, 0) is 53.9 Å². The third kappa shape index (κ3) is 7.71. The highest BCUT2D eigenvalue weighted by molar-refractivity contribution is 9.10. The van der Waals surface area contributed by atoms with Crippen LogP contribution in [0, 0.1) is 0 Å². The number of para-hydroxylation sites is 2. The second-order valence-corrected chi connectivity index (χ2v) is 8.63. The minimum atomic E-state index is -0.635. The fraction of sp³-hybridized carbons (Fsp3) is 0.103. The van der Waals surface area contributed by atoms with Gasteiger partial charge in [0, 0.05) is 16.5 Å². The number of phenols is 1. The molecule has 0 spiro atoms. The summed E-state index contributed by atoms with van der Waals surface area (Å²) in [7, 11) is 1.41. The summed E-state index contributed by atoms with van der Waals surface area (Å²) in [6, 6.07) is 30.4. The normalized spacial score (nSPS) is 10.1. The van der Waals surface area contributed by atoms with E-state index in [4.69, 9.17) is 15.6 Å². The van der Waals surface area contributed by atoms with Crippen LogP contribution in [0.1, 0.15) is 22.3 Å². The molecule has 0 radical (unpaired) electrons. The lowest BCUT2D eigenvalue weighted by Crippen LogP contribution is -2.10. The number of halogens is 1. The summed E-state index contributed by atoms with van der Waals surface area (Å²) in [6.45, 7) is 0. The average molecular weight is 548 g/mol. The monoisotopic (exact) mass is 547 g/mol. The maximum atomic E-state index is 11.3. The Labute approximate surface area is 218 Å². The van der Waals surface area contributed by atoms with Gasteiger partial charge in [0.2, 0.25) is 0 Å². The molecule has 3 N–H and O–H groups in total. The van der Waals surface area contributed by atoms with Crippen LogP contribution in [0.3, 0.4) is 0 Å². The SMILES string of the molecule is COC(=O)CCc1ccc(-c2ccccc2Oc2ccccc2)cc1.NC(=O)c1cc(Br)ccc1O. The Kier molecular flexibility index (Phi) is 9.65. The van der Waals surface area contributed by atoms with Gasteiger partial charge in [-0.15, -0.1) is 0 Å². The molecule has 184 valence electrons. The lowest BCUT2D eigenvalue weighted by molar-refractivity contribution is -0.140. The van der Waals surface area contributed by atoms with E-state index in [1.807, 2.05) is 66.7 Å². The van der Waals surface area contributed by atoms with Crippen molar-refractivity contribution in [2.24, 2.45) is 5.73 Å². The molecule has 0 aliphatic rings. The highest BCUT2D eigenvalue weighted by Gasteiger charge is 2.08. The smallest absolute Gasteiger partial charge is 0.305 e. The number of hydrogen-bond acceptors (Lipinski definition) is 5. The van der Waals surface area contributed by atoms with Crippen LogP contribution >= 0.6 is 15.9 Å². The number of rotatable bonds is 7. The minimum absolute atomic E-state index is 0.0966. The Balaban J connectivity index is 0.000000275. The lowest BCUT2D eigenvalue weighted by atomic mass is 10.0. The molecule has 0 aliphatic heterocycles. The molecule has 1 amide bonds. The first-order valence-corrected chi connectivity index (χ1v) is 11.9. The fourth-order valence-electron chi connectivity index (χ4n) is 3.31. The van der Waals surface area contributed by atoms with Crippen molar-refractivity contribution in [3.05, 3.63) is 113 Å². The molecule has 0 unspecified atom stereocenters. The number of benzene rings is 4. The first-order valence-electron chi connectivity index (χ1n) is 11.1. The van der Waals surface area contributed by atoms with E-state index in [1.165, 1.54) is 19.2 Å². The van der Waals surface area contributed by atoms with Gasteiger partial charge in [0.15, 0.2) is 0 Å².